The lowest BCUT2D eigenvalue weighted by Gasteiger charge is -2.17. The van der Waals surface area contributed by atoms with Gasteiger partial charge in [0.2, 0.25) is 0 Å². The summed E-state index contributed by atoms with van der Waals surface area (Å²) < 4.78 is 27.9. The highest BCUT2D eigenvalue weighted by Gasteiger charge is 2.00. The van der Waals surface area contributed by atoms with E-state index in [-0.39, 0.29) is 25.6 Å². The van der Waals surface area contributed by atoms with Crippen molar-refractivity contribution in [2.75, 3.05) is 58.8 Å². The fourth-order valence-corrected chi connectivity index (χ4v) is 1.45. The third-order valence-corrected chi connectivity index (χ3v) is 2.58. The van der Waals surface area contributed by atoms with E-state index < -0.39 is 10.1 Å². The Labute approximate surface area is 108 Å². The molecule has 0 atom stereocenters. The molecule has 112 valence electrons. The highest BCUT2D eigenvalue weighted by molar-refractivity contribution is 7.85. The lowest BCUT2D eigenvalue weighted by atomic mass is 10.4. The molecule has 18 heavy (non-hydrogen) atoms. The number of hydrogen-bond acceptors (Lipinski definition) is 7. The fourth-order valence-electron chi connectivity index (χ4n) is 0.991. The summed E-state index contributed by atoms with van der Waals surface area (Å²) in [7, 11) is -2.13. The standard InChI is InChI=1S/C6H15NO3.C3H9NO3S/c8-4-1-7(2-5-9)3-6-10;1-4-2-3-8(5,6)7/h8-10H,1-6H2;4H,2-3H2,1H3,(H,5,6,7). The molecule has 0 aliphatic rings. The van der Waals surface area contributed by atoms with Crippen LogP contribution < -0.4 is 5.32 Å². The predicted molar refractivity (Wildman–Crippen MR) is 68.0 cm³/mol. The highest BCUT2D eigenvalue weighted by Crippen LogP contribution is 1.84. The van der Waals surface area contributed by atoms with Crippen molar-refractivity contribution >= 4 is 10.1 Å². The number of nitrogens with one attached hydrogen (secondary N) is 1. The van der Waals surface area contributed by atoms with Gasteiger partial charge in [0.25, 0.3) is 10.1 Å². The monoisotopic (exact) mass is 288 g/mol. The van der Waals surface area contributed by atoms with E-state index in [9.17, 15) is 8.42 Å². The van der Waals surface area contributed by atoms with Crippen molar-refractivity contribution in [2.24, 2.45) is 0 Å². The molecule has 0 bridgehead atoms. The van der Waals surface area contributed by atoms with Crippen molar-refractivity contribution in [3.05, 3.63) is 0 Å². The smallest absolute Gasteiger partial charge is 0.266 e. The van der Waals surface area contributed by atoms with Crippen LogP contribution in [0.3, 0.4) is 0 Å². The van der Waals surface area contributed by atoms with Gasteiger partial charge in [-0.25, -0.2) is 0 Å². The van der Waals surface area contributed by atoms with E-state index in [0.29, 0.717) is 26.2 Å². The van der Waals surface area contributed by atoms with E-state index in [2.05, 4.69) is 5.32 Å². The molecule has 0 saturated heterocycles. The van der Waals surface area contributed by atoms with E-state index in [1.54, 1.807) is 11.9 Å². The van der Waals surface area contributed by atoms with Crippen LogP contribution in [0.2, 0.25) is 0 Å². The minimum atomic E-state index is -3.75. The topological polar surface area (TPSA) is 130 Å². The van der Waals surface area contributed by atoms with Gasteiger partial charge in [0.15, 0.2) is 0 Å². The second-order valence-corrected chi connectivity index (χ2v) is 4.97. The van der Waals surface area contributed by atoms with Crippen LogP contribution >= 0.6 is 0 Å². The van der Waals surface area contributed by atoms with Crippen LogP contribution in [-0.4, -0.2) is 92.0 Å². The van der Waals surface area contributed by atoms with E-state index in [4.69, 9.17) is 19.9 Å². The zero-order valence-corrected chi connectivity index (χ0v) is 11.4. The Morgan fingerprint density at radius 1 is 1.00 bits per heavy atom. The molecule has 0 aromatic rings. The number of aliphatic hydroxyl groups excluding tert-OH is 3. The average molecular weight is 288 g/mol. The first-order chi connectivity index (χ1) is 8.41. The predicted octanol–water partition coefficient (Wildman–Crippen LogP) is -2.64. The Morgan fingerprint density at radius 3 is 1.56 bits per heavy atom. The van der Waals surface area contributed by atoms with Crippen LogP contribution in [-0.2, 0) is 10.1 Å². The number of nitrogens with zero attached hydrogens (tertiary/aromatic N) is 1. The van der Waals surface area contributed by atoms with Crippen molar-refractivity contribution in [3.8, 4) is 0 Å². The van der Waals surface area contributed by atoms with Crippen molar-refractivity contribution in [3.63, 3.8) is 0 Å². The van der Waals surface area contributed by atoms with Crippen molar-refractivity contribution in [2.45, 2.75) is 0 Å². The summed E-state index contributed by atoms with van der Waals surface area (Å²) in [5.74, 6) is -0.219. The van der Waals surface area contributed by atoms with Crippen LogP contribution in [0.25, 0.3) is 0 Å². The Bertz CT molecular complexity index is 246. The quantitative estimate of drug-likeness (QED) is 0.291. The second kappa shape index (κ2) is 13.1. The fraction of sp³-hybridized carbons (Fsp3) is 1.00. The Balaban J connectivity index is 0. The summed E-state index contributed by atoms with van der Waals surface area (Å²) in [6.07, 6.45) is 0. The second-order valence-electron chi connectivity index (χ2n) is 3.40. The lowest BCUT2D eigenvalue weighted by molar-refractivity contribution is 0.136. The van der Waals surface area contributed by atoms with Crippen LogP contribution in [0.5, 0.6) is 0 Å². The minimum Gasteiger partial charge on any atom is -0.395 e. The maximum atomic E-state index is 9.91. The summed E-state index contributed by atoms with van der Waals surface area (Å²) >= 11 is 0. The summed E-state index contributed by atoms with van der Waals surface area (Å²) in [6, 6.07) is 0. The van der Waals surface area contributed by atoms with Gasteiger partial charge in [0, 0.05) is 26.2 Å². The first-order valence-corrected chi connectivity index (χ1v) is 7.16. The molecule has 0 aliphatic carbocycles. The molecule has 0 radical (unpaired) electrons. The normalized spacial score (nSPS) is 11.2. The van der Waals surface area contributed by atoms with Gasteiger partial charge in [0.1, 0.15) is 0 Å². The average Bonchev–Trinajstić information content (AvgIpc) is 2.27. The van der Waals surface area contributed by atoms with Crippen LogP contribution in [0.1, 0.15) is 0 Å². The van der Waals surface area contributed by atoms with E-state index in [1.165, 1.54) is 0 Å². The summed E-state index contributed by atoms with van der Waals surface area (Å²) in [6.45, 7) is 2.04. The van der Waals surface area contributed by atoms with Gasteiger partial charge in [0.05, 0.1) is 25.6 Å². The Hall–Kier alpha value is -0.290. The molecule has 0 unspecified atom stereocenters. The molecule has 0 heterocycles. The molecule has 9 heteroatoms. The maximum absolute atomic E-state index is 9.91. The molecule has 0 spiro atoms. The van der Waals surface area contributed by atoms with E-state index in [1.807, 2.05) is 0 Å². The van der Waals surface area contributed by atoms with Crippen molar-refractivity contribution in [1.82, 2.24) is 10.2 Å². The molecule has 0 aliphatic heterocycles. The first-order valence-electron chi connectivity index (χ1n) is 5.56. The zero-order valence-electron chi connectivity index (χ0n) is 10.6. The summed E-state index contributed by atoms with van der Waals surface area (Å²) in [5.41, 5.74) is 0. The summed E-state index contributed by atoms with van der Waals surface area (Å²) in [5, 5.41) is 28.0. The highest BCUT2D eigenvalue weighted by atomic mass is 32.2. The van der Waals surface area contributed by atoms with Gasteiger partial charge in [-0.3, -0.25) is 9.45 Å². The lowest BCUT2D eigenvalue weighted by Crippen LogP contribution is -2.32. The van der Waals surface area contributed by atoms with E-state index >= 15 is 0 Å². The van der Waals surface area contributed by atoms with E-state index in [0.717, 1.165) is 0 Å². The van der Waals surface area contributed by atoms with Crippen molar-refractivity contribution in [1.29, 1.82) is 0 Å². The zero-order chi connectivity index (χ0) is 14.4. The minimum absolute atomic E-state index is 0.0694. The molecular weight excluding hydrogens is 264 g/mol. The molecule has 5 N–H and O–H groups in total. The Morgan fingerprint density at radius 2 is 1.39 bits per heavy atom. The number of hydrogen-bond donors (Lipinski definition) is 5. The molecule has 8 nitrogen and oxygen atoms in total. The first kappa shape index (κ1) is 20.0. The molecule has 0 rings (SSSR count). The Kier molecular flexibility index (Phi) is 14.6. The number of rotatable bonds is 9. The summed E-state index contributed by atoms with van der Waals surface area (Å²) in [4.78, 5) is 1.79. The third kappa shape index (κ3) is 18.1. The van der Waals surface area contributed by atoms with Crippen LogP contribution in [0.15, 0.2) is 0 Å². The van der Waals surface area contributed by atoms with Crippen LogP contribution in [0.4, 0.5) is 0 Å². The largest absolute Gasteiger partial charge is 0.395 e. The molecule has 0 amide bonds. The third-order valence-electron chi connectivity index (χ3n) is 1.86. The molecule has 0 fully saturated rings. The van der Waals surface area contributed by atoms with Gasteiger partial charge >= 0.3 is 0 Å². The maximum Gasteiger partial charge on any atom is 0.266 e. The van der Waals surface area contributed by atoms with Crippen LogP contribution in [0, 0.1) is 0 Å². The molecule has 0 aromatic carbocycles. The van der Waals surface area contributed by atoms with Gasteiger partial charge in [-0.1, -0.05) is 0 Å². The SMILES string of the molecule is CNCCS(=O)(=O)O.OCCN(CCO)CCO. The van der Waals surface area contributed by atoms with Gasteiger partial charge in [-0.05, 0) is 7.05 Å². The molecular formula is C9H24N2O6S. The number of aliphatic hydroxyl groups is 3. The molecule has 0 aromatic heterocycles. The van der Waals surface area contributed by atoms with Gasteiger partial charge in [-0.15, -0.1) is 0 Å². The van der Waals surface area contributed by atoms with Gasteiger partial charge < -0.3 is 20.6 Å². The van der Waals surface area contributed by atoms with Gasteiger partial charge in [-0.2, -0.15) is 8.42 Å². The molecule has 0 saturated carbocycles. The van der Waals surface area contributed by atoms with Crippen molar-refractivity contribution < 1.29 is 28.3 Å².